The van der Waals surface area contributed by atoms with Gasteiger partial charge in [0, 0.05) is 13.5 Å². The molecule has 1 amide bonds. The summed E-state index contributed by atoms with van der Waals surface area (Å²) in [5.41, 5.74) is 0.861. The van der Waals surface area contributed by atoms with Gasteiger partial charge < -0.3 is 10.0 Å². The van der Waals surface area contributed by atoms with Crippen molar-refractivity contribution in [1.29, 1.82) is 0 Å². The van der Waals surface area contributed by atoms with Crippen LogP contribution in [0.5, 0.6) is 0 Å². The molecule has 1 rings (SSSR count). The van der Waals surface area contributed by atoms with Gasteiger partial charge in [0.15, 0.2) is 0 Å². The fraction of sp³-hybridized carbons (Fsp3) is 0.708. The van der Waals surface area contributed by atoms with E-state index < -0.39 is 6.10 Å². The van der Waals surface area contributed by atoms with Crippen LogP contribution < -0.4 is 0 Å². The molecule has 0 aromatic heterocycles. The summed E-state index contributed by atoms with van der Waals surface area (Å²) in [5, 5.41) is 10.5. The lowest BCUT2D eigenvalue weighted by Crippen LogP contribution is -2.38. The lowest BCUT2D eigenvalue weighted by atomic mass is 10.0. The van der Waals surface area contributed by atoms with Gasteiger partial charge in [0.2, 0.25) is 5.91 Å². The maximum atomic E-state index is 12.4. The van der Waals surface area contributed by atoms with Crippen molar-refractivity contribution in [2.45, 2.75) is 103 Å². The van der Waals surface area contributed by atoms with E-state index in [4.69, 9.17) is 0 Å². The molecule has 0 aliphatic carbocycles. The highest BCUT2D eigenvalue weighted by Gasteiger charge is 2.23. The lowest BCUT2D eigenvalue weighted by molar-refractivity contribution is -0.134. The van der Waals surface area contributed by atoms with Gasteiger partial charge in [-0.05, 0) is 18.9 Å². The monoisotopic (exact) mass is 375 g/mol. The third-order valence-corrected chi connectivity index (χ3v) is 5.60. The van der Waals surface area contributed by atoms with Gasteiger partial charge in [-0.15, -0.1) is 0 Å². The van der Waals surface area contributed by atoms with Crippen LogP contribution in [0.25, 0.3) is 0 Å². The van der Waals surface area contributed by atoms with Gasteiger partial charge in [0.05, 0.1) is 12.1 Å². The molecule has 0 radical (unpaired) electrons. The second kappa shape index (κ2) is 14.7. The Bertz CT molecular complexity index is 488. The lowest BCUT2D eigenvalue weighted by Gasteiger charge is -2.29. The Morgan fingerprint density at radius 3 is 1.89 bits per heavy atom. The number of amides is 1. The first kappa shape index (κ1) is 23.7. The van der Waals surface area contributed by atoms with E-state index in [0.29, 0.717) is 6.42 Å². The van der Waals surface area contributed by atoms with Crippen molar-refractivity contribution < 1.29 is 9.90 Å². The minimum atomic E-state index is -0.641. The summed E-state index contributed by atoms with van der Waals surface area (Å²) in [5.74, 6) is 0.133. The number of aliphatic hydroxyl groups excluding tert-OH is 1. The number of hydrogen-bond acceptors (Lipinski definition) is 2. The molecule has 1 N–H and O–H groups in total. The summed E-state index contributed by atoms with van der Waals surface area (Å²) in [6, 6.07) is 9.36. The van der Waals surface area contributed by atoms with Crippen molar-refractivity contribution in [2.24, 2.45) is 0 Å². The van der Waals surface area contributed by atoms with Gasteiger partial charge >= 0.3 is 0 Å². The first-order chi connectivity index (χ1) is 13.1. The highest BCUT2D eigenvalue weighted by Crippen LogP contribution is 2.21. The third kappa shape index (κ3) is 9.95. The van der Waals surface area contributed by atoms with Crippen LogP contribution in [0, 0.1) is 0 Å². The van der Waals surface area contributed by atoms with Crippen LogP contribution >= 0.6 is 0 Å². The van der Waals surface area contributed by atoms with Crippen molar-refractivity contribution in [3.05, 3.63) is 35.9 Å². The Balaban J connectivity index is 2.10. The van der Waals surface area contributed by atoms with Gasteiger partial charge in [-0.2, -0.15) is 0 Å². The SMILES string of the molecule is CCCCCCCCCCCCCC(=O)N(C)[C@H](C)[C@@H](O)c1ccccc1. The van der Waals surface area contributed by atoms with Crippen molar-refractivity contribution in [3.63, 3.8) is 0 Å². The molecule has 0 saturated carbocycles. The molecule has 0 unspecified atom stereocenters. The van der Waals surface area contributed by atoms with E-state index in [1.165, 1.54) is 57.8 Å². The molecule has 2 atom stereocenters. The summed E-state index contributed by atoms with van der Waals surface area (Å²) in [6.07, 6.45) is 14.1. The Morgan fingerprint density at radius 1 is 0.889 bits per heavy atom. The number of benzene rings is 1. The van der Waals surface area contributed by atoms with Crippen molar-refractivity contribution in [3.8, 4) is 0 Å². The number of aliphatic hydroxyl groups is 1. The summed E-state index contributed by atoms with van der Waals surface area (Å²) >= 11 is 0. The molecule has 0 heterocycles. The molecule has 0 fully saturated rings. The van der Waals surface area contributed by atoms with Gasteiger partial charge in [0.25, 0.3) is 0 Å². The molecule has 0 bridgehead atoms. The van der Waals surface area contributed by atoms with E-state index >= 15 is 0 Å². The van der Waals surface area contributed by atoms with E-state index in [1.807, 2.05) is 37.3 Å². The van der Waals surface area contributed by atoms with Crippen LogP contribution in [0.4, 0.5) is 0 Å². The topological polar surface area (TPSA) is 40.5 Å². The minimum Gasteiger partial charge on any atom is -0.386 e. The fourth-order valence-corrected chi connectivity index (χ4v) is 3.48. The summed E-state index contributed by atoms with van der Waals surface area (Å²) < 4.78 is 0. The number of hydrogen-bond donors (Lipinski definition) is 1. The quantitative estimate of drug-likeness (QED) is 0.367. The van der Waals surface area contributed by atoms with Gasteiger partial charge in [-0.25, -0.2) is 0 Å². The average Bonchev–Trinajstić information content (AvgIpc) is 2.70. The highest BCUT2D eigenvalue weighted by atomic mass is 16.3. The predicted octanol–water partition coefficient (Wildman–Crippen LogP) is 6.27. The number of carbonyl (C=O) groups excluding carboxylic acids is 1. The van der Waals surface area contributed by atoms with E-state index in [9.17, 15) is 9.90 Å². The third-order valence-electron chi connectivity index (χ3n) is 5.60. The highest BCUT2D eigenvalue weighted by molar-refractivity contribution is 5.76. The maximum Gasteiger partial charge on any atom is 0.222 e. The molecular formula is C24H41NO2. The molecule has 0 spiro atoms. The van der Waals surface area contributed by atoms with Crippen LogP contribution in [0.3, 0.4) is 0 Å². The number of likely N-dealkylation sites (N-methyl/N-ethyl adjacent to an activating group) is 1. The second-order valence-corrected chi connectivity index (χ2v) is 7.89. The molecule has 1 aromatic carbocycles. The Morgan fingerprint density at radius 2 is 1.37 bits per heavy atom. The zero-order chi connectivity index (χ0) is 19.9. The molecule has 27 heavy (non-hydrogen) atoms. The van der Waals surface area contributed by atoms with Crippen molar-refractivity contribution in [2.75, 3.05) is 7.05 Å². The number of nitrogens with zero attached hydrogens (tertiary/aromatic N) is 1. The Labute approximate surface area is 167 Å². The average molecular weight is 376 g/mol. The van der Waals surface area contributed by atoms with Crippen LogP contribution in [-0.4, -0.2) is 29.0 Å². The molecule has 0 aliphatic heterocycles. The Kier molecular flexibility index (Phi) is 12.9. The second-order valence-electron chi connectivity index (χ2n) is 7.89. The molecule has 0 aliphatic rings. The fourth-order valence-electron chi connectivity index (χ4n) is 3.48. The summed E-state index contributed by atoms with van der Waals surface area (Å²) in [4.78, 5) is 14.1. The zero-order valence-corrected chi connectivity index (χ0v) is 17.8. The summed E-state index contributed by atoms with van der Waals surface area (Å²) in [7, 11) is 1.80. The maximum absolute atomic E-state index is 12.4. The van der Waals surface area contributed by atoms with E-state index in [-0.39, 0.29) is 11.9 Å². The van der Waals surface area contributed by atoms with Gasteiger partial charge in [0.1, 0.15) is 0 Å². The largest absolute Gasteiger partial charge is 0.386 e. The van der Waals surface area contributed by atoms with Crippen LogP contribution in [0.15, 0.2) is 30.3 Å². The van der Waals surface area contributed by atoms with Gasteiger partial charge in [-0.3, -0.25) is 4.79 Å². The van der Waals surface area contributed by atoms with Crippen LogP contribution in [-0.2, 0) is 4.79 Å². The van der Waals surface area contributed by atoms with Gasteiger partial charge in [-0.1, -0.05) is 101 Å². The van der Waals surface area contributed by atoms with E-state index in [2.05, 4.69) is 6.92 Å². The number of rotatable bonds is 15. The van der Waals surface area contributed by atoms with Crippen molar-refractivity contribution in [1.82, 2.24) is 4.90 Å². The normalized spacial score (nSPS) is 13.3. The Hall–Kier alpha value is -1.35. The molecular weight excluding hydrogens is 334 g/mol. The first-order valence-electron chi connectivity index (χ1n) is 11.1. The molecule has 3 nitrogen and oxygen atoms in total. The number of carbonyl (C=O) groups is 1. The predicted molar refractivity (Wildman–Crippen MR) is 115 cm³/mol. The standard InChI is InChI=1S/C24H41NO2/c1-4-5-6-7-8-9-10-11-12-13-17-20-23(26)25(3)21(2)24(27)22-18-15-14-16-19-22/h14-16,18-19,21,24,27H,4-13,17,20H2,1-3H3/t21-,24-/m1/s1. The minimum absolute atomic E-state index is 0.133. The van der Waals surface area contributed by atoms with E-state index in [0.717, 1.165) is 18.4 Å². The molecule has 154 valence electrons. The molecule has 0 saturated heterocycles. The van der Waals surface area contributed by atoms with E-state index in [1.54, 1.807) is 11.9 Å². The first-order valence-corrected chi connectivity index (χ1v) is 11.1. The molecule has 3 heteroatoms. The zero-order valence-electron chi connectivity index (χ0n) is 17.8. The van der Waals surface area contributed by atoms with Crippen LogP contribution in [0.2, 0.25) is 0 Å². The smallest absolute Gasteiger partial charge is 0.222 e. The van der Waals surface area contributed by atoms with Crippen molar-refractivity contribution >= 4 is 5.91 Å². The molecule has 1 aromatic rings. The number of unbranched alkanes of at least 4 members (excludes halogenated alkanes) is 10. The summed E-state index contributed by atoms with van der Waals surface area (Å²) in [6.45, 7) is 4.17. The van der Waals surface area contributed by atoms with Crippen LogP contribution in [0.1, 0.15) is 103 Å².